The van der Waals surface area contributed by atoms with E-state index in [0.717, 1.165) is 13.2 Å². The zero-order valence-corrected chi connectivity index (χ0v) is 9.78. The van der Waals surface area contributed by atoms with Gasteiger partial charge in [0.15, 0.2) is 0 Å². The van der Waals surface area contributed by atoms with Gasteiger partial charge in [0.25, 0.3) is 5.69 Å². The summed E-state index contributed by atoms with van der Waals surface area (Å²) < 4.78 is 17.8. The van der Waals surface area contributed by atoms with E-state index in [1.54, 1.807) is 0 Å². The maximum Gasteiger partial charge on any atom is 0.310 e. The molecular weight excluding hydrogens is 285 g/mol. The maximum atomic E-state index is 13.4. The normalized spacial score (nSPS) is 9.94. The quantitative estimate of drug-likeness (QED) is 0.486. The van der Waals surface area contributed by atoms with E-state index in [-0.39, 0.29) is 10.0 Å². The summed E-state index contributed by atoms with van der Waals surface area (Å²) in [4.78, 5) is 21.0. The Labute approximate surface area is 98.5 Å². The number of nitro groups is 1. The van der Waals surface area contributed by atoms with Gasteiger partial charge in [-0.1, -0.05) is 0 Å². The van der Waals surface area contributed by atoms with Gasteiger partial charge >= 0.3 is 5.97 Å². The largest absolute Gasteiger partial charge is 0.469 e. The third-order valence-corrected chi connectivity index (χ3v) is 2.55. The molecule has 0 bridgehead atoms. The van der Waals surface area contributed by atoms with Gasteiger partial charge in [0.05, 0.1) is 28.5 Å². The van der Waals surface area contributed by atoms with E-state index in [2.05, 4.69) is 20.7 Å². The topological polar surface area (TPSA) is 69.4 Å². The summed E-state index contributed by atoms with van der Waals surface area (Å²) in [7, 11) is 1.13. The predicted molar refractivity (Wildman–Crippen MR) is 56.5 cm³/mol. The lowest BCUT2D eigenvalue weighted by molar-refractivity contribution is -0.386. The summed E-state index contributed by atoms with van der Waals surface area (Å²) in [6, 6.07) is 2.27. The fourth-order valence-electron chi connectivity index (χ4n) is 1.17. The van der Waals surface area contributed by atoms with Gasteiger partial charge in [-0.05, 0) is 28.1 Å². The van der Waals surface area contributed by atoms with E-state index in [0.29, 0.717) is 0 Å². The second-order valence-electron chi connectivity index (χ2n) is 2.87. The van der Waals surface area contributed by atoms with Gasteiger partial charge in [-0.3, -0.25) is 14.9 Å². The molecule has 0 atom stereocenters. The van der Waals surface area contributed by atoms with Crippen LogP contribution in [0.25, 0.3) is 0 Å². The van der Waals surface area contributed by atoms with Crippen LogP contribution in [0.1, 0.15) is 5.56 Å². The first-order valence-corrected chi connectivity index (χ1v) is 4.94. The van der Waals surface area contributed by atoms with Crippen molar-refractivity contribution in [1.82, 2.24) is 0 Å². The third-order valence-electron chi connectivity index (χ3n) is 1.91. The first-order chi connectivity index (χ1) is 7.47. The third kappa shape index (κ3) is 2.54. The summed E-state index contributed by atoms with van der Waals surface area (Å²) in [5.41, 5.74) is -0.739. The Morgan fingerprint density at radius 3 is 2.75 bits per heavy atom. The highest BCUT2D eigenvalue weighted by molar-refractivity contribution is 9.10. The van der Waals surface area contributed by atoms with Crippen molar-refractivity contribution in [3.05, 3.63) is 38.1 Å². The molecular formula is C9H7BrFNO4. The molecule has 0 unspecified atom stereocenters. The van der Waals surface area contributed by atoms with E-state index in [9.17, 15) is 19.3 Å². The molecule has 0 aliphatic heterocycles. The Balaban J connectivity index is 3.28. The minimum atomic E-state index is -0.805. The number of benzene rings is 1. The number of hydrogen-bond acceptors (Lipinski definition) is 4. The van der Waals surface area contributed by atoms with Crippen LogP contribution in [0.5, 0.6) is 0 Å². The molecule has 0 aliphatic rings. The van der Waals surface area contributed by atoms with Crippen molar-refractivity contribution < 1.29 is 18.8 Å². The number of rotatable bonds is 3. The van der Waals surface area contributed by atoms with Crippen LogP contribution in [0.15, 0.2) is 16.6 Å². The van der Waals surface area contributed by atoms with Gasteiger partial charge in [0, 0.05) is 0 Å². The molecule has 0 fully saturated rings. The van der Waals surface area contributed by atoms with Gasteiger partial charge in [-0.2, -0.15) is 0 Å². The standard InChI is InChI=1S/C9H7BrFNO4/c1-16-8(13)4-5-7(11)3-2-6(10)9(5)12(14)15/h2-3H,4H2,1H3. The minimum absolute atomic E-state index is 0.123. The molecule has 1 rings (SSSR count). The first-order valence-electron chi connectivity index (χ1n) is 4.15. The highest BCUT2D eigenvalue weighted by Gasteiger charge is 2.24. The lowest BCUT2D eigenvalue weighted by Crippen LogP contribution is -2.09. The summed E-state index contributed by atoms with van der Waals surface area (Å²) in [5, 5.41) is 10.7. The molecule has 5 nitrogen and oxygen atoms in total. The average molecular weight is 292 g/mol. The van der Waals surface area contributed by atoms with Crippen LogP contribution in [0.2, 0.25) is 0 Å². The summed E-state index contributed by atoms with van der Waals surface area (Å²) >= 11 is 2.93. The Morgan fingerprint density at radius 2 is 2.25 bits per heavy atom. The van der Waals surface area contributed by atoms with Crippen molar-refractivity contribution in [2.45, 2.75) is 6.42 Å². The lowest BCUT2D eigenvalue weighted by atomic mass is 10.1. The van der Waals surface area contributed by atoms with E-state index in [4.69, 9.17) is 0 Å². The Morgan fingerprint density at radius 1 is 1.62 bits per heavy atom. The highest BCUT2D eigenvalue weighted by atomic mass is 79.9. The van der Waals surface area contributed by atoms with Crippen LogP contribution in [0, 0.1) is 15.9 Å². The molecule has 0 saturated heterocycles. The minimum Gasteiger partial charge on any atom is -0.469 e. The van der Waals surface area contributed by atoms with Crippen molar-refractivity contribution in [3.63, 3.8) is 0 Å². The van der Waals surface area contributed by atoms with Gasteiger partial charge in [-0.25, -0.2) is 4.39 Å². The van der Waals surface area contributed by atoms with Crippen LogP contribution in [-0.2, 0) is 16.0 Å². The number of ether oxygens (including phenoxy) is 1. The molecule has 0 saturated carbocycles. The molecule has 1 aromatic carbocycles. The number of hydrogen-bond donors (Lipinski definition) is 0. The van der Waals surface area contributed by atoms with E-state index < -0.39 is 28.8 Å². The fraction of sp³-hybridized carbons (Fsp3) is 0.222. The molecule has 16 heavy (non-hydrogen) atoms. The number of esters is 1. The number of nitrogens with zero attached hydrogens (tertiary/aromatic N) is 1. The second kappa shape index (κ2) is 5.02. The summed E-state index contributed by atoms with van der Waals surface area (Å²) in [6.07, 6.45) is -0.474. The van der Waals surface area contributed by atoms with E-state index >= 15 is 0 Å². The molecule has 0 amide bonds. The van der Waals surface area contributed by atoms with Crippen LogP contribution in [0.3, 0.4) is 0 Å². The number of methoxy groups -OCH3 is 1. The van der Waals surface area contributed by atoms with Gasteiger partial charge in [-0.15, -0.1) is 0 Å². The first kappa shape index (κ1) is 12.6. The SMILES string of the molecule is COC(=O)Cc1c(F)ccc(Br)c1[N+](=O)[O-]. The monoisotopic (exact) mass is 291 g/mol. The number of nitro benzene ring substituents is 1. The van der Waals surface area contributed by atoms with Crippen molar-refractivity contribution in [2.24, 2.45) is 0 Å². The number of carbonyl (C=O) groups is 1. The Bertz CT molecular complexity index is 449. The Hall–Kier alpha value is -1.50. The molecule has 86 valence electrons. The van der Waals surface area contributed by atoms with E-state index in [1.807, 2.05) is 0 Å². The Kier molecular flexibility index (Phi) is 3.94. The van der Waals surface area contributed by atoms with Crippen molar-refractivity contribution in [1.29, 1.82) is 0 Å². The van der Waals surface area contributed by atoms with Gasteiger partial charge < -0.3 is 4.74 Å². The maximum absolute atomic E-state index is 13.4. The average Bonchev–Trinajstić information content (AvgIpc) is 2.22. The second-order valence-corrected chi connectivity index (χ2v) is 3.72. The fourth-order valence-corrected chi connectivity index (χ4v) is 1.68. The van der Waals surface area contributed by atoms with E-state index in [1.165, 1.54) is 6.07 Å². The zero-order chi connectivity index (χ0) is 12.3. The molecule has 7 heteroatoms. The molecule has 0 aromatic heterocycles. The van der Waals surface area contributed by atoms with Crippen molar-refractivity contribution >= 4 is 27.6 Å². The van der Waals surface area contributed by atoms with Crippen molar-refractivity contribution in [2.75, 3.05) is 7.11 Å². The van der Waals surface area contributed by atoms with Crippen molar-refractivity contribution in [3.8, 4) is 0 Å². The molecule has 0 aliphatic carbocycles. The van der Waals surface area contributed by atoms with Crippen LogP contribution < -0.4 is 0 Å². The molecule has 1 aromatic rings. The van der Waals surface area contributed by atoms with Gasteiger partial charge in [0.1, 0.15) is 5.82 Å². The predicted octanol–water partition coefficient (Wildman–Crippen LogP) is 2.21. The summed E-state index contributed by atoms with van der Waals surface area (Å²) in [6.45, 7) is 0. The smallest absolute Gasteiger partial charge is 0.310 e. The molecule has 0 N–H and O–H groups in total. The number of halogens is 2. The zero-order valence-electron chi connectivity index (χ0n) is 8.20. The molecule has 0 radical (unpaired) electrons. The van der Waals surface area contributed by atoms with Crippen LogP contribution in [-0.4, -0.2) is 18.0 Å². The number of carbonyl (C=O) groups excluding carboxylic acids is 1. The lowest BCUT2D eigenvalue weighted by Gasteiger charge is -2.04. The summed E-state index contributed by atoms with van der Waals surface area (Å²) in [5.74, 6) is -1.54. The molecule has 0 heterocycles. The van der Waals surface area contributed by atoms with Gasteiger partial charge in [0.2, 0.25) is 0 Å². The van der Waals surface area contributed by atoms with Crippen LogP contribution in [0.4, 0.5) is 10.1 Å². The molecule has 0 spiro atoms. The highest BCUT2D eigenvalue weighted by Crippen LogP contribution is 2.31. The van der Waals surface area contributed by atoms with Crippen LogP contribution >= 0.6 is 15.9 Å².